The van der Waals surface area contributed by atoms with Crippen LogP contribution in [-0.4, -0.2) is 59.2 Å². The number of aryl methyl sites for hydroxylation is 3. The maximum atomic E-state index is 13.6. The van der Waals surface area contributed by atoms with E-state index in [4.69, 9.17) is 5.10 Å². The van der Waals surface area contributed by atoms with Crippen molar-refractivity contribution < 1.29 is 4.79 Å². The number of carbonyl (C=O) groups is 1. The van der Waals surface area contributed by atoms with Crippen molar-refractivity contribution in [3.63, 3.8) is 0 Å². The summed E-state index contributed by atoms with van der Waals surface area (Å²) in [6.45, 7) is 11.4. The first-order chi connectivity index (χ1) is 17.5. The van der Waals surface area contributed by atoms with Gasteiger partial charge in [-0.2, -0.15) is 5.10 Å². The van der Waals surface area contributed by atoms with Crippen LogP contribution in [0.15, 0.2) is 77.9 Å². The van der Waals surface area contributed by atoms with E-state index in [0.29, 0.717) is 6.54 Å². The quantitative estimate of drug-likeness (QED) is 0.492. The second-order valence-electron chi connectivity index (χ2n) is 10.3. The molecule has 0 bridgehead atoms. The lowest BCUT2D eigenvalue weighted by Gasteiger charge is -2.35. The van der Waals surface area contributed by atoms with Crippen LogP contribution in [0.3, 0.4) is 0 Å². The monoisotopic (exact) mass is 480 g/mol. The molecule has 2 aliphatic heterocycles. The molecule has 0 saturated carbocycles. The van der Waals surface area contributed by atoms with E-state index in [0.717, 1.165) is 56.0 Å². The van der Waals surface area contributed by atoms with Crippen LogP contribution in [0.2, 0.25) is 0 Å². The fourth-order valence-corrected chi connectivity index (χ4v) is 5.30. The molecule has 5 rings (SSSR count). The highest BCUT2D eigenvalue weighted by Gasteiger charge is 2.34. The first kappa shape index (κ1) is 24.4. The zero-order valence-corrected chi connectivity index (χ0v) is 21.7. The Hall–Kier alpha value is -3.28. The van der Waals surface area contributed by atoms with Crippen molar-refractivity contribution in [3.8, 4) is 0 Å². The van der Waals surface area contributed by atoms with E-state index in [9.17, 15) is 4.79 Å². The lowest BCUT2D eigenvalue weighted by atomic mass is 9.95. The zero-order valence-electron chi connectivity index (χ0n) is 21.7. The molecule has 3 aromatic rings. The lowest BCUT2D eigenvalue weighted by Crippen LogP contribution is -2.49. The smallest absolute Gasteiger partial charge is 0.257 e. The number of benzene rings is 3. The molecule has 1 saturated heterocycles. The molecule has 5 nitrogen and oxygen atoms in total. The van der Waals surface area contributed by atoms with Gasteiger partial charge in [-0.05, 0) is 37.5 Å². The van der Waals surface area contributed by atoms with Gasteiger partial charge >= 0.3 is 0 Å². The molecular formula is C31H36N4O. The van der Waals surface area contributed by atoms with E-state index in [1.54, 1.807) is 5.01 Å². The van der Waals surface area contributed by atoms with Crippen LogP contribution in [0, 0.1) is 20.8 Å². The van der Waals surface area contributed by atoms with Crippen molar-refractivity contribution in [1.29, 1.82) is 0 Å². The molecule has 1 fully saturated rings. The average molecular weight is 481 g/mol. The third-order valence-corrected chi connectivity index (χ3v) is 7.39. The van der Waals surface area contributed by atoms with E-state index in [1.807, 2.05) is 0 Å². The Morgan fingerprint density at radius 1 is 0.833 bits per heavy atom. The molecule has 2 aliphatic rings. The van der Waals surface area contributed by atoms with Crippen molar-refractivity contribution >= 4 is 11.6 Å². The van der Waals surface area contributed by atoms with Gasteiger partial charge in [0.15, 0.2) is 0 Å². The van der Waals surface area contributed by atoms with E-state index in [2.05, 4.69) is 103 Å². The first-order valence-corrected chi connectivity index (χ1v) is 13.0. The zero-order chi connectivity index (χ0) is 25.1. The van der Waals surface area contributed by atoms with Gasteiger partial charge in [-0.15, -0.1) is 0 Å². The Morgan fingerprint density at radius 3 is 2.19 bits per heavy atom. The second-order valence-corrected chi connectivity index (χ2v) is 10.3. The van der Waals surface area contributed by atoms with Crippen molar-refractivity contribution in [2.24, 2.45) is 5.10 Å². The molecule has 0 radical (unpaired) electrons. The van der Waals surface area contributed by atoms with Crippen molar-refractivity contribution in [2.45, 2.75) is 39.8 Å². The lowest BCUT2D eigenvalue weighted by molar-refractivity contribution is -0.134. The Kier molecular flexibility index (Phi) is 7.30. The molecule has 186 valence electrons. The Balaban J connectivity index is 1.29. The average Bonchev–Trinajstić information content (AvgIpc) is 3.32. The van der Waals surface area contributed by atoms with E-state index in [-0.39, 0.29) is 11.9 Å². The topological polar surface area (TPSA) is 39.2 Å². The summed E-state index contributed by atoms with van der Waals surface area (Å²) in [6.07, 6.45) is 0.740. The predicted molar refractivity (Wildman–Crippen MR) is 146 cm³/mol. The minimum atomic E-state index is -0.0619. The summed E-state index contributed by atoms with van der Waals surface area (Å²) >= 11 is 0. The SMILES string of the molecule is Cc1ccc(C2CC(c3ccc(C)cc3C)=NN2C(=O)CN2CCN(Cc3ccccc3)CC2)cc1. The van der Waals surface area contributed by atoms with E-state index < -0.39 is 0 Å². The molecule has 1 atom stereocenters. The minimum absolute atomic E-state index is 0.0619. The van der Waals surface area contributed by atoms with Crippen LogP contribution in [0.5, 0.6) is 0 Å². The van der Waals surface area contributed by atoms with Gasteiger partial charge in [0, 0.05) is 44.7 Å². The maximum Gasteiger partial charge on any atom is 0.257 e. The van der Waals surface area contributed by atoms with Gasteiger partial charge in [-0.1, -0.05) is 83.9 Å². The second kappa shape index (κ2) is 10.8. The summed E-state index contributed by atoms with van der Waals surface area (Å²) in [5.74, 6) is 0.0804. The molecule has 5 heteroatoms. The van der Waals surface area contributed by atoms with Gasteiger partial charge in [-0.25, -0.2) is 5.01 Å². The highest BCUT2D eigenvalue weighted by molar-refractivity contribution is 6.04. The van der Waals surface area contributed by atoms with Gasteiger partial charge in [0.1, 0.15) is 0 Å². The fraction of sp³-hybridized carbons (Fsp3) is 0.355. The predicted octanol–water partition coefficient (Wildman–Crippen LogP) is 5.11. The van der Waals surface area contributed by atoms with Crippen LogP contribution in [0.1, 0.15) is 45.8 Å². The van der Waals surface area contributed by atoms with Gasteiger partial charge in [0.05, 0.1) is 18.3 Å². The molecular weight excluding hydrogens is 444 g/mol. The molecule has 0 aromatic heterocycles. The first-order valence-electron chi connectivity index (χ1n) is 13.0. The standard InChI is InChI=1S/C31H36N4O/c1-23-9-12-27(13-10-23)30-20-29(28-14-11-24(2)19-25(28)3)32-35(30)31(36)22-34-17-15-33(16-18-34)21-26-7-5-4-6-8-26/h4-14,19,30H,15-18,20-22H2,1-3H3. The number of carbonyl (C=O) groups excluding carboxylic acids is 1. The maximum absolute atomic E-state index is 13.6. The third kappa shape index (κ3) is 5.58. The van der Waals surface area contributed by atoms with Crippen molar-refractivity contribution in [2.75, 3.05) is 32.7 Å². The summed E-state index contributed by atoms with van der Waals surface area (Å²) in [7, 11) is 0. The fourth-order valence-electron chi connectivity index (χ4n) is 5.30. The van der Waals surface area contributed by atoms with Crippen LogP contribution in [0.25, 0.3) is 0 Å². The molecule has 36 heavy (non-hydrogen) atoms. The van der Waals surface area contributed by atoms with Gasteiger partial charge in [0.2, 0.25) is 0 Å². The number of hydrazone groups is 1. The van der Waals surface area contributed by atoms with Crippen LogP contribution >= 0.6 is 0 Å². The highest BCUT2D eigenvalue weighted by Crippen LogP contribution is 2.34. The number of rotatable bonds is 6. The van der Waals surface area contributed by atoms with Gasteiger partial charge < -0.3 is 0 Å². The van der Waals surface area contributed by atoms with E-state index in [1.165, 1.54) is 22.3 Å². The van der Waals surface area contributed by atoms with Crippen molar-refractivity contribution in [1.82, 2.24) is 14.8 Å². The number of nitrogens with zero attached hydrogens (tertiary/aromatic N) is 4. The normalized spacial score (nSPS) is 18.9. The molecule has 1 amide bonds. The summed E-state index contributed by atoms with van der Waals surface area (Å²) < 4.78 is 0. The molecule has 1 unspecified atom stereocenters. The molecule has 3 aromatic carbocycles. The summed E-state index contributed by atoms with van der Waals surface area (Å²) in [5, 5.41) is 6.69. The number of piperazine rings is 1. The minimum Gasteiger partial charge on any atom is -0.297 e. The van der Waals surface area contributed by atoms with Crippen LogP contribution in [0.4, 0.5) is 0 Å². The van der Waals surface area contributed by atoms with Crippen molar-refractivity contribution in [3.05, 3.63) is 106 Å². The largest absolute Gasteiger partial charge is 0.297 e. The molecule has 0 N–H and O–H groups in total. The summed E-state index contributed by atoms with van der Waals surface area (Å²) in [6, 6.07) is 25.6. The Morgan fingerprint density at radius 2 is 1.50 bits per heavy atom. The third-order valence-electron chi connectivity index (χ3n) is 7.39. The van der Waals surface area contributed by atoms with Crippen LogP contribution in [-0.2, 0) is 11.3 Å². The molecule has 0 aliphatic carbocycles. The number of hydrogen-bond donors (Lipinski definition) is 0. The number of hydrogen-bond acceptors (Lipinski definition) is 4. The Labute approximate surface area is 215 Å². The van der Waals surface area contributed by atoms with Gasteiger partial charge in [-0.3, -0.25) is 14.6 Å². The number of amides is 1. The Bertz CT molecular complexity index is 1230. The summed E-state index contributed by atoms with van der Waals surface area (Å²) in [5.41, 5.74) is 8.29. The molecule has 2 heterocycles. The highest BCUT2D eigenvalue weighted by atomic mass is 16.2. The molecule has 0 spiro atoms. The van der Waals surface area contributed by atoms with Crippen LogP contribution < -0.4 is 0 Å². The van der Waals surface area contributed by atoms with E-state index >= 15 is 0 Å². The summed E-state index contributed by atoms with van der Waals surface area (Å²) in [4.78, 5) is 18.4. The van der Waals surface area contributed by atoms with Gasteiger partial charge in [0.25, 0.3) is 5.91 Å².